The number of carboxylic acid groups (broad SMARTS) is 1. The summed E-state index contributed by atoms with van der Waals surface area (Å²) < 4.78 is 11.4. The minimum Gasteiger partial charge on any atom is -0.490 e. The maximum atomic E-state index is 10.7. The van der Waals surface area contributed by atoms with E-state index in [9.17, 15) is 4.79 Å². The molecule has 0 saturated heterocycles. The zero-order valence-corrected chi connectivity index (χ0v) is 13.0. The summed E-state index contributed by atoms with van der Waals surface area (Å²) in [6, 6.07) is 5.48. The van der Waals surface area contributed by atoms with Gasteiger partial charge in [-0.15, -0.1) is 0 Å². The number of ether oxygens (including phenoxy) is 2. The van der Waals surface area contributed by atoms with Crippen LogP contribution in [0.3, 0.4) is 0 Å². The van der Waals surface area contributed by atoms with E-state index in [4.69, 9.17) is 14.6 Å². The lowest BCUT2D eigenvalue weighted by atomic mass is 10.1. The van der Waals surface area contributed by atoms with E-state index in [2.05, 4.69) is 13.8 Å². The molecule has 0 fully saturated rings. The highest BCUT2D eigenvalue weighted by Crippen LogP contribution is 2.32. The van der Waals surface area contributed by atoms with Gasteiger partial charge in [0.25, 0.3) is 0 Å². The Morgan fingerprint density at radius 3 is 2.71 bits per heavy atom. The Balaban J connectivity index is 2.86. The fourth-order valence-electron chi connectivity index (χ4n) is 1.91. The number of rotatable bonds is 9. The lowest BCUT2D eigenvalue weighted by Crippen LogP contribution is -2.03. The number of benzene rings is 1. The van der Waals surface area contributed by atoms with Gasteiger partial charge in [0.1, 0.15) is 0 Å². The van der Waals surface area contributed by atoms with Crippen molar-refractivity contribution in [2.24, 2.45) is 5.92 Å². The summed E-state index contributed by atoms with van der Waals surface area (Å²) in [6.07, 6.45) is 4.69. The molecular formula is C17H24O4. The summed E-state index contributed by atoms with van der Waals surface area (Å²) in [7, 11) is 0. The Bertz CT molecular complexity index is 478. The first-order valence-corrected chi connectivity index (χ1v) is 7.34. The standard InChI is InChI=1S/C17H24O4/c1-4-20-15-9-5-8-14(10-11-16(18)19)17(15)21-12-6-7-13(2)3/h5,8-11,13H,4,6-7,12H2,1-3H3,(H,18,19)/b11-10+. The lowest BCUT2D eigenvalue weighted by molar-refractivity contribution is -0.131. The van der Waals surface area contributed by atoms with Gasteiger partial charge in [-0.05, 0) is 37.8 Å². The molecule has 4 nitrogen and oxygen atoms in total. The van der Waals surface area contributed by atoms with E-state index in [1.807, 2.05) is 25.1 Å². The third-order valence-electron chi connectivity index (χ3n) is 2.89. The SMILES string of the molecule is CCOc1cccc(/C=C/C(=O)O)c1OCCCC(C)C. The van der Waals surface area contributed by atoms with Gasteiger partial charge < -0.3 is 14.6 Å². The van der Waals surface area contributed by atoms with Gasteiger partial charge in [-0.25, -0.2) is 4.79 Å². The molecule has 0 atom stereocenters. The van der Waals surface area contributed by atoms with Crippen LogP contribution in [0.5, 0.6) is 11.5 Å². The second-order valence-corrected chi connectivity index (χ2v) is 5.16. The Hall–Kier alpha value is -1.97. The predicted molar refractivity (Wildman–Crippen MR) is 83.8 cm³/mol. The average molecular weight is 292 g/mol. The summed E-state index contributed by atoms with van der Waals surface area (Å²) >= 11 is 0. The molecule has 1 aromatic rings. The molecule has 0 radical (unpaired) electrons. The van der Waals surface area contributed by atoms with Crippen LogP contribution < -0.4 is 9.47 Å². The normalized spacial score (nSPS) is 11.0. The Morgan fingerprint density at radius 2 is 2.10 bits per heavy atom. The molecule has 0 bridgehead atoms. The third-order valence-corrected chi connectivity index (χ3v) is 2.89. The molecule has 0 aromatic heterocycles. The molecule has 0 aliphatic carbocycles. The van der Waals surface area contributed by atoms with E-state index in [-0.39, 0.29) is 0 Å². The predicted octanol–water partition coefficient (Wildman–Crippen LogP) is 4.00. The minimum absolute atomic E-state index is 0.536. The van der Waals surface area contributed by atoms with Gasteiger partial charge in [-0.1, -0.05) is 26.0 Å². The fraction of sp³-hybridized carbons (Fsp3) is 0.471. The molecule has 21 heavy (non-hydrogen) atoms. The van der Waals surface area contributed by atoms with Crippen molar-refractivity contribution < 1.29 is 19.4 Å². The first-order valence-electron chi connectivity index (χ1n) is 7.34. The topological polar surface area (TPSA) is 55.8 Å². The van der Waals surface area contributed by atoms with E-state index >= 15 is 0 Å². The van der Waals surface area contributed by atoms with Gasteiger partial charge in [-0.3, -0.25) is 0 Å². The summed E-state index contributed by atoms with van der Waals surface area (Å²) in [5.41, 5.74) is 0.716. The largest absolute Gasteiger partial charge is 0.490 e. The van der Waals surface area contributed by atoms with Crippen LogP contribution >= 0.6 is 0 Å². The first-order chi connectivity index (χ1) is 10.0. The van der Waals surface area contributed by atoms with Gasteiger partial charge in [-0.2, -0.15) is 0 Å². The number of para-hydroxylation sites is 1. The molecule has 0 heterocycles. The maximum Gasteiger partial charge on any atom is 0.328 e. The highest BCUT2D eigenvalue weighted by atomic mass is 16.5. The highest BCUT2D eigenvalue weighted by molar-refractivity contribution is 5.86. The van der Waals surface area contributed by atoms with Gasteiger partial charge in [0.2, 0.25) is 0 Å². The smallest absolute Gasteiger partial charge is 0.328 e. The fourth-order valence-corrected chi connectivity index (χ4v) is 1.91. The van der Waals surface area contributed by atoms with Crippen molar-refractivity contribution in [3.63, 3.8) is 0 Å². The van der Waals surface area contributed by atoms with Crippen molar-refractivity contribution in [2.75, 3.05) is 13.2 Å². The quantitative estimate of drug-likeness (QED) is 0.552. The molecule has 116 valence electrons. The minimum atomic E-state index is -0.984. The molecule has 1 rings (SSSR count). The molecule has 0 amide bonds. The monoisotopic (exact) mass is 292 g/mol. The summed E-state index contributed by atoms with van der Waals surface area (Å²) in [6.45, 7) is 7.39. The van der Waals surface area contributed by atoms with Crippen molar-refractivity contribution >= 4 is 12.0 Å². The van der Waals surface area contributed by atoms with Crippen LogP contribution in [-0.4, -0.2) is 24.3 Å². The van der Waals surface area contributed by atoms with Crippen LogP contribution in [0.25, 0.3) is 6.08 Å². The summed E-state index contributed by atoms with van der Waals surface area (Å²) in [4.78, 5) is 10.7. The van der Waals surface area contributed by atoms with Crippen molar-refractivity contribution in [3.8, 4) is 11.5 Å². The van der Waals surface area contributed by atoms with Gasteiger partial charge in [0, 0.05) is 11.6 Å². The van der Waals surface area contributed by atoms with Crippen molar-refractivity contribution in [3.05, 3.63) is 29.8 Å². The van der Waals surface area contributed by atoms with Crippen LogP contribution in [0.15, 0.2) is 24.3 Å². The van der Waals surface area contributed by atoms with E-state index in [1.165, 1.54) is 6.08 Å². The number of carboxylic acids is 1. The van der Waals surface area contributed by atoms with Crippen molar-refractivity contribution in [2.45, 2.75) is 33.6 Å². The van der Waals surface area contributed by atoms with Gasteiger partial charge in [0.15, 0.2) is 11.5 Å². The molecule has 4 heteroatoms. The lowest BCUT2D eigenvalue weighted by Gasteiger charge is -2.14. The van der Waals surface area contributed by atoms with E-state index in [1.54, 1.807) is 0 Å². The van der Waals surface area contributed by atoms with Crippen LogP contribution in [0, 0.1) is 5.92 Å². The molecule has 0 saturated carbocycles. The van der Waals surface area contributed by atoms with Crippen molar-refractivity contribution in [1.29, 1.82) is 0 Å². The number of carbonyl (C=O) groups is 1. The summed E-state index contributed by atoms with van der Waals surface area (Å²) in [5, 5.41) is 8.75. The summed E-state index contributed by atoms with van der Waals surface area (Å²) in [5.74, 6) is 0.917. The third kappa shape index (κ3) is 6.34. The van der Waals surface area contributed by atoms with E-state index in [0.717, 1.165) is 18.9 Å². The highest BCUT2D eigenvalue weighted by Gasteiger charge is 2.09. The second-order valence-electron chi connectivity index (χ2n) is 5.16. The van der Waals surface area contributed by atoms with Crippen molar-refractivity contribution in [1.82, 2.24) is 0 Å². The van der Waals surface area contributed by atoms with E-state index < -0.39 is 5.97 Å². The first kappa shape index (κ1) is 17.1. The van der Waals surface area contributed by atoms with Crippen LogP contribution in [0.2, 0.25) is 0 Å². The molecular weight excluding hydrogens is 268 g/mol. The Kier molecular flexibility index (Phi) is 7.37. The molecule has 1 N–H and O–H groups in total. The second kappa shape index (κ2) is 9.06. The molecule has 0 aliphatic heterocycles. The van der Waals surface area contributed by atoms with Gasteiger partial charge >= 0.3 is 5.97 Å². The average Bonchev–Trinajstić information content (AvgIpc) is 2.43. The van der Waals surface area contributed by atoms with Crippen LogP contribution in [0.4, 0.5) is 0 Å². The maximum absolute atomic E-state index is 10.7. The Morgan fingerprint density at radius 1 is 1.33 bits per heavy atom. The number of hydrogen-bond donors (Lipinski definition) is 1. The number of hydrogen-bond acceptors (Lipinski definition) is 3. The zero-order chi connectivity index (χ0) is 15.7. The molecule has 0 spiro atoms. The van der Waals surface area contributed by atoms with Crippen LogP contribution in [-0.2, 0) is 4.79 Å². The van der Waals surface area contributed by atoms with Crippen LogP contribution in [0.1, 0.15) is 39.2 Å². The Labute approximate surface area is 126 Å². The molecule has 0 aliphatic rings. The van der Waals surface area contributed by atoms with Gasteiger partial charge in [0.05, 0.1) is 13.2 Å². The molecule has 1 aromatic carbocycles. The zero-order valence-electron chi connectivity index (χ0n) is 13.0. The molecule has 0 unspecified atom stereocenters. The van der Waals surface area contributed by atoms with E-state index in [0.29, 0.717) is 36.2 Å². The number of aliphatic carboxylic acids is 1.